The molecule has 1 aliphatic heterocycles. The average molecular weight is 577 g/mol. The Labute approximate surface area is 247 Å². The van der Waals surface area contributed by atoms with Crippen LogP contribution in [0.4, 0.5) is 0 Å². The lowest BCUT2D eigenvalue weighted by Gasteiger charge is -2.49. The van der Waals surface area contributed by atoms with Gasteiger partial charge in [-0.3, -0.25) is 4.79 Å². The molecule has 2 saturated carbocycles. The zero-order valence-corrected chi connectivity index (χ0v) is 26.2. The number of rotatable bonds is 10. The first-order valence-electron chi connectivity index (χ1n) is 16.1. The van der Waals surface area contributed by atoms with Crippen molar-refractivity contribution in [1.82, 2.24) is 0 Å². The Bertz CT molecular complexity index is 976. The van der Waals surface area contributed by atoms with Gasteiger partial charge in [0.1, 0.15) is 24.1 Å². The lowest BCUT2D eigenvalue weighted by Crippen LogP contribution is -2.58. The van der Waals surface area contributed by atoms with Crippen molar-refractivity contribution in [3.05, 3.63) is 23.8 Å². The molecule has 1 heterocycles. The van der Waals surface area contributed by atoms with Gasteiger partial charge in [-0.1, -0.05) is 51.5 Å². The monoisotopic (exact) mass is 576 g/mol. The number of ketones is 1. The molecule has 4 N–H and O–H groups in total. The quantitative estimate of drug-likeness (QED) is 0.272. The van der Waals surface area contributed by atoms with Gasteiger partial charge in [0.2, 0.25) is 0 Å². The van der Waals surface area contributed by atoms with Crippen LogP contribution in [0.1, 0.15) is 99.3 Å². The van der Waals surface area contributed by atoms with Gasteiger partial charge < -0.3 is 29.9 Å². The SMILES string of the molecule is C=C(CC[C@@H](C)[C@H]1CC[C@@H]([C@@H]2CC=C3C[C@@H](O[C@@H]4O[C@@H](C)[C@@H](O)[C@@H](O)[C@@H]4O)CC[C@]3(C)C2=O)[C@]1(C)CCO)C(C)C. The predicted octanol–water partition coefficient (Wildman–Crippen LogP) is 4.95. The number of aliphatic hydroxyl groups is 4. The molecule has 0 amide bonds. The van der Waals surface area contributed by atoms with Crippen molar-refractivity contribution in [2.75, 3.05) is 6.61 Å². The maximum Gasteiger partial charge on any atom is 0.186 e. The molecule has 3 fully saturated rings. The number of hydrogen-bond acceptors (Lipinski definition) is 7. The zero-order chi connectivity index (χ0) is 30.3. The largest absolute Gasteiger partial charge is 0.396 e. The molecule has 4 aliphatic rings. The van der Waals surface area contributed by atoms with Crippen molar-refractivity contribution in [1.29, 1.82) is 0 Å². The van der Waals surface area contributed by atoms with Gasteiger partial charge in [-0.15, -0.1) is 0 Å². The van der Waals surface area contributed by atoms with E-state index in [1.165, 1.54) is 5.57 Å². The summed E-state index contributed by atoms with van der Waals surface area (Å²) >= 11 is 0. The molecular weight excluding hydrogens is 520 g/mol. The highest BCUT2D eigenvalue weighted by atomic mass is 16.7. The summed E-state index contributed by atoms with van der Waals surface area (Å²) in [5.41, 5.74) is 1.80. The highest BCUT2D eigenvalue weighted by Gasteiger charge is 2.56. The molecular formula is C34H56O7. The van der Waals surface area contributed by atoms with Crippen LogP contribution in [0.3, 0.4) is 0 Å². The fraction of sp³-hybridized carbons (Fsp3) is 0.853. The van der Waals surface area contributed by atoms with E-state index in [9.17, 15) is 25.2 Å². The lowest BCUT2D eigenvalue weighted by atomic mass is 9.55. The van der Waals surface area contributed by atoms with E-state index in [0.29, 0.717) is 42.8 Å². The molecule has 41 heavy (non-hydrogen) atoms. The predicted molar refractivity (Wildman–Crippen MR) is 159 cm³/mol. The summed E-state index contributed by atoms with van der Waals surface area (Å²) in [6, 6.07) is 0. The second kappa shape index (κ2) is 12.9. The van der Waals surface area contributed by atoms with E-state index in [4.69, 9.17) is 9.47 Å². The first-order valence-corrected chi connectivity index (χ1v) is 16.1. The van der Waals surface area contributed by atoms with Crippen LogP contribution in [0.25, 0.3) is 0 Å². The van der Waals surface area contributed by atoms with Crippen molar-refractivity contribution in [3.63, 3.8) is 0 Å². The topological polar surface area (TPSA) is 116 Å². The number of carbonyl (C=O) groups excluding carboxylic acids is 1. The van der Waals surface area contributed by atoms with Gasteiger partial charge in [0, 0.05) is 17.9 Å². The van der Waals surface area contributed by atoms with Crippen LogP contribution in [0.2, 0.25) is 0 Å². The molecule has 1 saturated heterocycles. The van der Waals surface area contributed by atoms with Crippen molar-refractivity contribution < 1.29 is 34.7 Å². The second-order valence-corrected chi connectivity index (χ2v) is 14.5. The standard InChI is InChI=1S/C34H56O7/c1-19(2)20(3)8-9-21(4)26-12-13-27(34(26,7)16-17-35)25-11-10-23-18-24(14-15-33(23,6)31(25)39)41-32-30(38)29(37)28(36)22(5)40-32/h10,19,21-22,24-30,32,35-38H,3,8-9,11-18H2,1-2,4-7H3/t21-,22+,24+,25+,26-,27+,28-,29-,30+,32+,33+,34-/m1/s1. The van der Waals surface area contributed by atoms with E-state index < -0.39 is 36.1 Å². The molecule has 7 heteroatoms. The number of allylic oxidation sites excluding steroid dienone is 2. The molecule has 0 aromatic rings. The Kier molecular flexibility index (Phi) is 10.3. The summed E-state index contributed by atoms with van der Waals surface area (Å²) in [5, 5.41) is 40.8. The zero-order valence-electron chi connectivity index (χ0n) is 26.2. The van der Waals surface area contributed by atoms with Gasteiger partial charge in [-0.05, 0) is 101 Å². The van der Waals surface area contributed by atoms with E-state index in [0.717, 1.165) is 44.1 Å². The molecule has 4 rings (SSSR count). The Morgan fingerprint density at radius 2 is 1.83 bits per heavy atom. The maximum absolute atomic E-state index is 14.3. The minimum Gasteiger partial charge on any atom is -0.396 e. The van der Waals surface area contributed by atoms with E-state index in [1.807, 2.05) is 0 Å². The Morgan fingerprint density at radius 3 is 2.49 bits per heavy atom. The van der Waals surface area contributed by atoms with Gasteiger partial charge in [0.15, 0.2) is 6.29 Å². The van der Waals surface area contributed by atoms with Crippen LogP contribution in [0, 0.1) is 40.4 Å². The van der Waals surface area contributed by atoms with Gasteiger partial charge >= 0.3 is 0 Å². The number of fused-ring (bicyclic) bond motifs is 1. The lowest BCUT2D eigenvalue weighted by molar-refractivity contribution is -0.305. The third kappa shape index (κ3) is 6.28. The number of aliphatic hydroxyl groups excluding tert-OH is 4. The van der Waals surface area contributed by atoms with Crippen LogP contribution in [-0.4, -0.2) is 69.6 Å². The van der Waals surface area contributed by atoms with Gasteiger partial charge in [-0.2, -0.15) is 0 Å². The van der Waals surface area contributed by atoms with Crippen molar-refractivity contribution >= 4 is 5.78 Å². The summed E-state index contributed by atoms with van der Waals surface area (Å²) in [6.07, 6.45) is 4.19. The molecule has 7 nitrogen and oxygen atoms in total. The molecule has 3 aliphatic carbocycles. The molecule has 0 spiro atoms. The number of hydrogen-bond donors (Lipinski definition) is 4. The highest BCUT2D eigenvalue weighted by molar-refractivity contribution is 5.91. The number of ether oxygens (including phenoxy) is 2. The molecule has 0 unspecified atom stereocenters. The molecule has 0 aromatic heterocycles. The first kappa shape index (κ1) is 32.8. The van der Waals surface area contributed by atoms with E-state index in [1.54, 1.807) is 6.92 Å². The fourth-order valence-corrected chi connectivity index (χ4v) is 8.74. The van der Waals surface area contributed by atoms with Crippen LogP contribution < -0.4 is 0 Å². The van der Waals surface area contributed by atoms with Gasteiger partial charge in [0.05, 0.1) is 12.2 Å². The summed E-state index contributed by atoms with van der Waals surface area (Å²) in [5.74, 6) is 2.04. The Hall–Kier alpha value is -1.09. The molecule has 12 atom stereocenters. The Balaban J connectivity index is 1.46. The summed E-state index contributed by atoms with van der Waals surface area (Å²) < 4.78 is 11.8. The van der Waals surface area contributed by atoms with Gasteiger partial charge in [0.25, 0.3) is 0 Å². The van der Waals surface area contributed by atoms with E-state index >= 15 is 0 Å². The van der Waals surface area contributed by atoms with Crippen molar-refractivity contribution in [3.8, 4) is 0 Å². The van der Waals surface area contributed by atoms with Crippen molar-refractivity contribution in [2.24, 2.45) is 40.4 Å². The van der Waals surface area contributed by atoms with Gasteiger partial charge in [-0.25, -0.2) is 0 Å². The minimum absolute atomic E-state index is 0.0402. The summed E-state index contributed by atoms with van der Waals surface area (Å²) in [7, 11) is 0. The Morgan fingerprint density at radius 1 is 1.12 bits per heavy atom. The minimum atomic E-state index is -1.33. The van der Waals surface area contributed by atoms with Crippen molar-refractivity contribution in [2.45, 2.75) is 136 Å². The molecule has 0 aromatic carbocycles. The third-order valence-electron chi connectivity index (χ3n) is 11.8. The molecule has 0 radical (unpaired) electrons. The summed E-state index contributed by atoms with van der Waals surface area (Å²) in [4.78, 5) is 14.3. The van der Waals surface area contributed by atoms with Crippen LogP contribution in [-0.2, 0) is 14.3 Å². The fourth-order valence-electron chi connectivity index (χ4n) is 8.74. The van der Waals surface area contributed by atoms with E-state index in [2.05, 4.69) is 47.3 Å². The highest BCUT2D eigenvalue weighted by Crippen LogP contribution is 2.60. The number of Topliss-reactive ketones (excluding diaryl/α,β-unsaturated/α-hetero) is 1. The first-order chi connectivity index (χ1) is 19.2. The smallest absolute Gasteiger partial charge is 0.186 e. The average Bonchev–Trinajstić information content (AvgIpc) is 3.26. The second-order valence-electron chi connectivity index (χ2n) is 14.5. The third-order valence-corrected chi connectivity index (χ3v) is 11.8. The van der Waals surface area contributed by atoms with Crippen LogP contribution >= 0.6 is 0 Å². The van der Waals surface area contributed by atoms with Crippen LogP contribution in [0.5, 0.6) is 0 Å². The normalized spacial score (nSPS) is 44.0. The summed E-state index contributed by atoms with van der Waals surface area (Å²) in [6.45, 7) is 17.3. The maximum atomic E-state index is 14.3. The van der Waals surface area contributed by atoms with Crippen LogP contribution in [0.15, 0.2) is 23.8 Å². The number of carbonyl (C=O) groups is 1. The van der Waals surface area contributed by atoms with E-state index in [-0.39, 0.29) is 30.0 Å². The molecule has 234 valence electrons. The molecule has 0 bridgehead atoms.